The first-order valence-electron chi connectivity index (χ1n) is 9.31. The van der Waals surface area contributed by atoms with Crippen LogP contribution in [0.5, 0.6) is 0 Å². The predicted octanol–water partition coefficient (Wildman–Crippen LogP) is 4.47. The fourth-order valence-electron chi connectivity index (χ4n) is 2.61. The SMILES string of the molecule is C=CCn1c(CSc2ccc(C)cc2)nnc1SCC(=O)NCc1ccccc1. The number of nitrogens with zero attached hydrogens (tertiary/aromatic N) is 3. The molecular weight excluding hydrogens is 400 g/mol. The van der Waals surface area contributed by atoms with Crippen LogP contribution in [-0.2, 0) is 23.6 Å². The monoisotopic (exact) mass is 424 g/mol. The molecule has 0 aliphatic heterocycles. The maximum absolute atomic E-state index is 12.2. The zero-order valence-corrected chi connectivity index (χ0v) is 18.0. The van der Waals surface area contributed by atoms with Gasteiger partial charge >= 0.3 is 0 Å². The van der Waals surface area contributed by atoms with E-state index in [1.807, 2.05) is 41.0 Å². The molecule has 29 heavy (non-hydrogen) atoms. The Labute approximate surface area is 180 Å². The van der Waals surface area contributed by atoms with Gasteiger partial charge < -0.3 is 9.88 Å². The summed E-state index contributed by atoms with van der Waals surface area (Å²) in [7, 11) is 0. The molecule has 3 rings (SSSR count). The standard InChI is InChI=1S/C22H24N4OS2/c1-3-13-26-20(15-28-19-11-9-17(2)10-12-19)24-25-22(26)29-16-21(27)23-14-18-7-5-4-6-8-18/h3-12H,1,13-16H2,2H3,(H,23,27). The highest BCUT2D eigenvalue weighted by Crippen LogP contribution is 2.25. The molecule has 2 aromatic carbocycles. The van der Waals surface area contributed by atoms with Gasteiger partial charge in [0.2, 0.25) is 5.91 Å². The third-order valence-corrected chi connectivity index (χ3v) is 6.13. The van der Waals surface area contributed by atoms with Gasteiger partial charge in [-0.2, -0.15) is 0 Å². The van der Waals surface area contributed by atoms with Gasteiger partial charge in [-0.05, 0) is 24.6 Å². The van der Waals surface area contributed by atoms with Crippen molar-refractivity contribution in [1.82, 2.24) is 20.1 Å². The number of carbonyl (C=O) groups is 1. The Morgan fingerprint density at radius 2 is 1.86 bits per heavy atom. The average molecular weight is 425 g/mol. The topological polar surface area (TPSA) is 59.8 Å². The first kappa shape index (κ1) is 21.2. The van der Waals surface area contributed by atoms with Gasteiger partial charge in [-0.1, -0.05) is 65.9 Å². The maximum Gasteiger partial charge on any atom is 0.230 e. The van der Waals surface area contributed by atoms with Crippen LogP contribution in [0.25, 0.3) is 0 Å². The number of aryl methyl sites for hydroxylation is 1. The Morgan fingerprint density at radius 3 is 2.59 bits per heavy atom. The van der Waals surface area contributed by atoms with E-state index < -0.39 is 0 Å². The van der Waals surface area contributed by atoms with Gasteiger partial charge in [0.1, 0.15) is 5.82 Å². The minimum absolute atomic E-state index is 0.0254. The van der Waals surface area contributed by atoms with Crippen LogP contribution in [0.1, 0.15) is 17.0 Å². The van der Waals surface area contributed by atoms with E-state index in [4.69, 9.17) is 0 Å². The van der Waals surface area contributed by atoms with Gasteiger partial charge in [-0.25, -0.2) is 0 Å². The van der Waals surface area contributed by atoms with Crippen molar-refractivity contribution in [1.29, 1.82) is 0 Å². The zero-order valence-electron chi connectivity index (χ0n) is 16.4. The second-order valence-electron chi connectivity index (χ2n) is 6.45. The van der Waals surface area contributed by atoms with Gasteiger partial charge in [0.15, 0.2) is 5.16 Å². The highest BCUT2D eigenvalue weighted by Gasteiger charge is 2.14. The van der Waals surface area contributed by atoms with Crippen LogP contribution < -0.4 is 5.32 Å². The van der Waals surface area contributed by atoms with E-state index in [9.17, 15) is 4.79 Å². The van der Waals surface area contributed by atoms with Crippen LogP contribution in [0, 0.1) is 6.92 Å². The molecule has 0 unspecified atom stereocenters. The van der Waals surface area contributed by atoms with Crippen molar-refractivity contribution in [2.75, 3.05) is 5.75 Å². The van der Waals surface area contributed by atoms with Gasteiger partial charge in [-0.3, -0.25) is 4.79 Å². The summed E-state index contributed by atoms with van der Waals surface area (Å²) in [5, 5.41) is 12.3. The molecule has 1 amide bonds. The molecule has 0 aliphatic carbocycles. The van der Waals surface area contributed by atoms with Crippen LogP contribution >= 0.6 is 23.5 Å². The summed E-state index contributed by atoms with van der Waals surface area (Å²) in [5.74, 6) is 1.86. The first-order chi connectivity index (χ1) is 14.2. The molecule has 0 atom stereocenters. The van der Waals surface area contributed by atoms with Crippen LogP contribution in [0.3, 0.4) is 0 Å². The number of aromatic nitrogens is 3. The molecule has 150 valence electrons. The Balaban J connectivity index is 1.55. The molecule has 0 fully saturated rings. The number of benzene rings is 2. The molecule has 3 aromatic rings. The van der Waals surface area contributed by atoms with Crippen molar-refractivity contribution in [3.8, 4) is 0 Å². The average Bonchev–Trinajstić information content (AvgIpc) is 3.13. The van der Waals surface area contributed by atoms with Crippen molar-refractivity contribution < 1.29 is 4.79 Å². The number of hydrogen-bond donors (Lipinski definition) is 1. The maximum atomic E-state index is 12.2. The Kier molecular flexibility index (Phi) is 7.95. The number of carbonyl (C=O) groups excluding carboxylic acids is 1. The summed E-state index contributed by atoms with van der Waals surface area (Å²) in [5.41, 5.74) is 2.32. The number of thioether (sulfide) groups is 2. The van der Waals surface area contributed by atoms with Crippen molar-refractivity contribution in [2.45, 2.75) is 35.8 Å². The van der Waals surface area contributed by atoms with Crippen LogP contribution in [0.4, 0.5) is 0 Å². The minimum atomic E-state index is -0.0254. The lowest BCUT2D eigenvalue weighted by Crippen LogP contribution is -2.24. The number of amides is 1. The smallest absolute Gasteiger partial charge is 0.230 e. The van der Waals surface area contributed by atoms with Crippen LogP contribution in [0.15, 0.2) is 77.3 Å². The summed E-state index contributed by atoms with van der Waals surface area (Å²) in [6, 6.07) is 18.3. The fraction of sp³-hybridized carbons (Fsp3) is 0.227. The summed E-state index contributed by atoms with van der Waals surface area (Å²) in [6.45, 7) is 7.05. The van der Waals surface area contributed by atoms with E-state index in [2.05, 4.69) is 53.3 Å². The lowest BCUT2D eigenvalue weighted by atomic mass is 10.2. The zero-order chi connectivity index (χ0) is 20.5. The van der Waals surface area contributed by atoms with Gasteiger partial charge in [0.05, 0.1) is 11.5 Å². The third kappa shape index (κ3) is 6.51. The largest absolute Gasteiger partial charge is 0.351 e. The second-order valence-corrected chi connectivity index (χ2v) is 8.44. The number of rotatable bonds is 10. The van der Waals surface area contributed by atoms with E-state index >= 15 is 0 Å². The first-order valence-corrected chi connectivity index (χ1v) is 11.3. The molecule has 0 bridgehead atoms. The molecular formula is C22H24N4OS2. The molecule has 5 nitrogen and oxygen atoms in total. The van der Waals surface area contributed by atoms with Gasteiger partial charge in [-0.15, -0.1) is 28.5 Å². The van der Waals surface area contributed by atoms with Crippen molar-refractivity contribution in [3.05, 3.63) is 84.2 Å². The molecule has 1 heterocycles. The van der Waals surface area contributed by atoms with Crippen molar-refractivity contribution >= 4 is 29.4 Å². The summed E-state index contributed by atoms with van der Waals surface area (Å²) < 4.78 is 2.02. The normalized spacial score (nSPS) is 10.7. The fourth-order valence-corrected chi connectivity index (χ4v) is 4.24. The summed E-state index contributed by atoms with van der Waals surface area (Å²) in [4.78, 5) is 13.4. The van der Waals surface area contributed by atoms with E-state index in [0.717, 1.165) is 16.5 Å². The quantitative estimate of drug-likeness (QED) is 0.384. The highest BCUT2D eigenvalue weighted by molar-refractivity contribution is 7.99. The van der Waals surface area contributed by atoms with E-state index in [1.54, 1.807) is 11.8 Å². The Hall–Kier alpha value is -2.51. The Bertz CT molecular complexity index is 939. The lowest BCUT2D eigenvalue weighted by Gasteiger charge is -2.08. The van der Waals surface area contributed by atoms with Crippen LogP contribution in [0.2, 0.25) is 0 Å². The predicted molar refractivity (Wildman–Crippen MR) is 120 cm³/mol. The highest BCUT2D eigenvalue weighted by atomic mass is 32.2. The number of hydrogen-bond acceptors (Lipinski definition) is 5. The van der Waals surface area contributed by atoms with Gasteiger partial charge in [0, 0.05) is 18.0 Å². The molecule has 0 saturated heterocycles. The van der Waals surface area contributed by atoms with E-state index in [0.29, 0.717) is 24.6 Å². The molecule has 7 heteroatoms. The number of nitrogens with one attached hydrogen (secondary N) is 1. The molecule has 1 aromatic heterocycles. The van der Waals surface area contributed by atoms with Crippen molar-refractivity contribution in [3.63, 3.8) is 0 Å². The third-order valence-electron chi connectivity index (χ3n) is 4.16. The van der Waals surface area contributed by atoms with Crippen molar-refractivity contribution in [2.24, 2.45) is 0 Å². The van der Waals surface area contributed by atoms with E-state index in [-0.39, 0.29) is 5.91 Å². The molecule has 0 saturated carbocycles. The van der Waals surface area contributed by atoms with E-state index in [1.165, 1.54) is 22.2 Å². The molecule has 1 N–H and O–H groups in total. The van der Waals surface area contributed by atoms with Gasteiger partial charge in [0.25, 0.3) is 0 Å². The minimum Gasteiger partial charge on any atom is -0.351 e. The number of allylic oxidation sites excluding steroid dienone is 1. The summed E-state index contributed by atoms with van der Waals surface area (Å²) in [6.07, 6.45) is 1.82. The lowest BCUT2D eigenvalue weighted by molar-refractivity contribution is -0.118. The molecule has 0 aliphatic rings. The summed E-state index contributed by atoms with van der Waals surface area (Å²) >= 11 is 3.11. The molecule has 0 spiro atoms. The Morgan fingerprint density at radius 1 is 1.10 bits per heavy atom. The second kappa shape index (κ2) is 10.9. The molecule has 0 radical (unpaired) electrons. The van der Waals surface area contributed by atoms with Crippen LogP contribution in [-0.4, -0.2) is 26.4 Å².